The molecule has 2 aromatic rings. The highest BCUT2D eigenvalue weighted by Crippen LogP contribution is 2.16. The standard InChI is InChI=1S/C20H24F2N2O3/c1-24(17(14-26-2)11-15-7-4-3-5-8-15)20(25)23-13-16-9-6-10-18(12-16)27-19(21)22/h3-10,12,17,19H,11,13-14H2,1-2H3,(H,23,25)/t17-/m1/s1. The number of urea groups is 1. The van der Waals surface area contributed by atoms with Gasteiger partial charge in [0, 0.05) is 20.7 Å². The van der Waals surface area contributed by atoms with Crippen LogP contribution in [0.1, 0.15) is 11.1 Å². The molecule has 0 spiro atoms. The van der Waals surface area contributed by atoms with Gasteiger partial charge in [0.2, 0.25) is 0 Å². The number of amides is 2. The molecule has 146 valence electrons. The lowest BCUT2D eigenvalue weighted by Gasteiger charge is -2.28. The number of hydrogen-bond acceptors (Lipinski definition) is 3. The number of likely N-dealkylation sites (N-methyl/N-ethyl adjacent to an activating group) is 1. The fourth-order valence-electron chi connectivity index (χ4n) is 2.69. The number of carbonyl (C=O) groups is 1. The van der Waals surface area contributed by atoms with Gasteiger partial charge in [0.1, 0.15) is 5.75 Å². The van der Waals surface area contributed by atoms with Gasteiger partial charge in [0.25, 0.3) is 0 Å². The van der Waals surface area contributed by atoms with E-state index in [4.69, 9.17) is 4.74 Å². The van der Waals surface area contributed by atoms with E-state index in [1.807, 2.05) is 30.3 Å². The summed E-state index contributed by atoms with van der Waals surface area (Å²) in [5, 5.41) is 2.79. The molecule has 0 aliphatic heterocycles. The Morgan fingerprint density at radius 1 is 1.11 bits per heavy atom. The van der Waals surface area contributed by atoms with Crippen molar-refractivity contribution in [3.63, 3.8) is 0 Å². The smallest absolute Gasteiger partial charge is 0.387 e. The molecule has 2 amide bonds. The van der Waals surface area contributed by atoms with E-state index in [2.05, 4.69) is 10.1 Å². The van der Waals surface area contributed by atoms with Gasteiger partial charge in [-0.05, 0) is 29.7 Å². The predicted molar refractivity (Wildman–Crippen MR) is 98.9 cm³/mol. The lowest BCUT2D eigenvalue weighted by Crippen LogP contribution is -2.46. The molecular formula is C20H24F2N2O3. The monoisotopic (exact) mass is 378 g/mol. The molecule has 0 bridgehead atoms. The number of halogens is 2. The Bertz CT molecular complexity index is 713. The van der Waals surface area contributed by atoms with Crippen LogP contribution < -0.4 is 10.1 Å². The second-order valence-electron chi connectivity index (χ2n) is 6.09. The topological polar surface area (TPSA) is 50.8 Å². The first kappa shape index (κ1) is 20.6. The zero-order chi connectivity index (χ0) is 19.6. The summed E-state index contributed by atoms with van der Waals surface area (Å²) in [6.07, 6.45) is 0.663. The van der Waals surface area contributed by atoms with Crippen LogP contribution in [0.3, 0.4) is 0 Å². The lowest BCUT2D eigenvalue weighted by molar-refractivity contribution is -0.0498. The van der Waals surface area contributed by atoms with Crippen LogP contribution in [-0.4, -0.2) is 44.3 Å². The third-order valence-corrected chi connectivity index (χ3v) is 4.11. The van der Waals surface area contributed by atoms with Gasteiger partial charge in [-0.25, -0.2) is 4.79 Å². The molecule has 2 aromatic carbocycles. The number of alkyl halides is 2. The number of hydrogen-bond donors (Lipinski definition) is 1. The predicted octanol–water partition coefficient (Wildman–Crippen LogP) is 3.69. The van der Waals surface area contributed by atoms with E-state index >= 15 is 0 Å². The quantitative estimate of drug-likeness (QED) is 0.724. The summed E-state index contributed by atoms with van der Waals surface area (Å²) in [6.45, 7) is -2.28. The number of methoxy groups -OCH3 is 1. The largest absolute Gasteiger partial charge is 0.435 e. The Morgan fingerprint density at radius 2 is 1.81 bits per heavy atom. The molecule has 5 nitrogen and oxygen atoms in total. The van der Waals surface area contributed by atoms with Crippen LogP contribution in [0, 0.1) is 0 Å². The zero-order valence-electron chi connectivity index (χ0n) is 15.4. The van der Waals surface area contributed by atoms with Crippen LogP contribution >= 0.6 is 0 Å². The first-order valence-corrected chi connectivity index (χ1v) is 8.57. The van der Waals surface area contributed by atoms with Gasteiger partial charge in [-0.15, -0.1) is 0 Å². The summed E-state index contributed by atoms with van der Waals surface area (Å²) in [6, 6.07) is 15.7. The van der Waals surface area contributed by atoms with E-state index in [1.165, 1.54) is 12.1 Å². The van der Waals surface area contributed by atoms with Crippen molar-refractivity contribution in [2.45, 2.75) is 25.6 Å². The second-order valence-corrected chi connectivity index (χ2v) is 6.09. The summed E-state index contributed by atoms with van der Waals surface area (Å²) in [4.78, 5) is 14.1. The molecule has 0 aliphatic rings. The Balaban J connectivity index is 1.94. The third-order valence-electron chi connectivity index (χ3n) is 4.11. The molecule has 0 aromatic heterocycles. The van der Waals surface area contributed by atoms with E-state index in [-0.39, 0.29) is 24.4 Å². The van der Waals surface area contributed by atoms with Crippen LogP contribution in [0.25, 0.3) is 0 Å². The maximum atomic E-state index is 12.5. The Hall–Kier alpha value is -2.67. The van der Waals surface area contributed by atoms with E-state index in [0.717, 1.165) is 5.56 Å². The van der Waals surface area contributed by atoms with Gasteiger partial charge >= 0.3 is 12.6 Å². The van der Waals surface area contributed by atoms with Crippen molar-refractivity contribution in [1.82, 2.24) is 10.2 Å². The normalized spacial score (nSPS) is 11.9. The van der Waals surface area contributed by atoms with Crippen LogP contribution in [0.4, 0.5) is 13.6 Å². The third kappa shape index (κ3) is 6.86. The number of benzene rings is 2. The molecule has 0 heterocycles. The van der Waals surface area contributed by atoms with Crippen molar-refractivity contribution < 1.29 is 23.0 Å². The van der Waals surface area contributed by atoms with Crippen LogP contribution in [-0.2, 0) is 17.7 Å². The molecule has 0 saturated heterocycles. The summed E-state index contributed by atoms with van der Waals surface area (Å²) in [7, 11) is 3.30. The van der Waals surface area contributed by atoms with E-state index in [1.54, 1.807) is 31.2 Å². The minimum atomic E-state index is -2.88. The van der Waals surface area contributed by atoms with Crippen molar-refractivity contribution in [2.24, 2.45) is 0 Å². The molecule has 7 heteroatoms. The fourth-order valence-corrected chi connectivity index (χ4v) is 2.69. The van der Waals surface area contributed by atoms with Crippen molar-refractivity contribution in [2.75, 3.05) is 20.8 Å². The highest BCUT2D eigenvalue weighted by atomic mass is 19.3. The Morgan fingerprint density at radius 3 is 2.48 bits per heavy atom. The molecule has 27 heavy (non-hydrogen) atoms. The number of nitrogens with one attached hydrogen (secondary N) is 1. The summed E-state index contributed by atoms with van der Waals surface area (Å²) >= 11 is 0. The van der Waals surface area contributed by atoms with E-state index < -0.39 is 6.61 Å². The Labute approximate surface area is 157 Å². The van der Waals surface area contributed by atoms with Crippen LogP contribution in [0.2, 0.25) is 0 Å². The van der Waals surface area contributed by atoms with Gasteiger partial charge in [0.05, 0.1) is 12.6 Å². The minimum absolute atomic E-state index is 0.0615. The molecule has 0 fully saturated rings. The minimum Gasteiger partial charge on any atom is -0.435 e. The molecule has 1 N–H and O–H groups in total. The first-order chi connectivity index (χ1) is 13.0. The molecule has 0 saturated carbocycles. The molecule has 1 atom stereocenters. The highest BCUT2D eigenvalue weighted by Gasteiger charge is 2.20. The van der Waals surface area contributed by atoms with Crippen LogP contribution in [0.15, 0.2) is 54.6 Å². The fraction of sp³-hybridized carbons (Fsp3) is 0.350. The molecule has 0 radical (unpaired) electrons. The van der Waals surface area contributed by atoms with Gasteiger partial charge < -0.3 is 19.7 Å². The van der Waals surface area contributed by atoms with Gasteiger partial charge in [-0.3, -0.25) is 0 Å². The van der Waals surface area contributed by atoms with Crippen molar-refractivity contribution in [3.8, 4) is 5.75 Å². The van der Waals surface area contributed by atoms with Crippen molar-refractivity contribution in [3.05, 3.63) is 65.7 Å². The molecular weight excluding hydrogens is 354 g/mol. The first-order valence-electron chi connectivity index (χ1n) is 8.57. The van der Waals surface area contributed by atoms with Crippen molar-refractivity contribution in [1.29, 1.82) is 0 Å². The summed E-state index contributed by atoms with van der Waals surface area (Å²) in [5.41, 5.74) is 1.78. The van der Waals surface area contributed by atoms with Gasteiger partial charge in [-0.1, -0.05) is 42.5 Å². The van der Waals surface area contributed by atoms with E-state index in [0.29, 0.717) is 18.6 Å². The van der Waals surface area contributed by atoms with Crippen molar-refractivity contribution >= 4 is 6.03 Å². The van der Waals surface area contributed by atoms with Gasteiger partial charge in [-0.2, -0.15) is 8.78 Å². The average Bonchev–Trinajstić information content (AvgIpc) is 2.66. The molecule has 2 rings (SSSR count). The lowest BCUT2D eigenvalue weighted by atomic mass is 10.1. The maximum Gasteiger partial charge on any atom is 0.387 e. The Kier molecular flexibility index (Phi) is 8.00. The number of ether oxygens (including phenoxy) is 2. The van der Waals surface area contributed by atoms with Crippen LogP contribution in [0.5, 0.6) is 5.75 Å². The summed E-state index contributed by atoms with van der Waals surface area (Å²) in [5.74, 6) is 0.0615. The summed E-state index contributed by atoms with van der Waals surface area (Å²) < 4.78 is 34.2. The van der Waals surface area contributed by atoms with Gasteiger partial charge in [0.15, 0.2) is 0 Å². The average molecular weight is 378 g/mol. The number of nitrogens with zero attached hydrogens (tertiary/aromatic N) is 1. The number of carbonyl (C=O) groups excluding carboxylic acids is 1. The zero-order valence-corrected chi connectivity index (χ0v) is 15.4. The maximum absolute atomic E-state index is 12.5. The highest BCUT2D eigenvalue weighted by molar-refractivity contribution is 5.74. The number of rotatable bonds is 9. The SMILES string of the molecule is COC[C@@H](Cc1ccccc1)N(C)C(=O)NCc1cccc(OC(F)F)c1. The molecule has 0 aliphatic carbocycles. The second kappa shape index (κ2) is 10.5. The molecule has 0 unspecified atom stereocenters. The van der Waals surface area contributed by atoms with E-state index in [9.17, 15) is 13.6 Å².